The molecular formula is C14H14N2O2S. The largest absolute Gasteiger partial charge is 0.477 e. The number of benzene rings is 1. The van der Waals surface area contributed by atoms with Crippen molar-refractivity contribution < 1.29 is 9.90 Å². The molecule has 1 heterocycles. The highest BCUT2D eigenvalue weighted by Crippen LogP contribution is 2.35. The highest BCUT2D eigenvalue weighted by atomic mass is 32.1. The highest BCUT2D eigenvalue weighted by Gasteiger charge is 2.25. The zero-order chi connectivity index (χ0) is 13.4. The van der Waals surface area contributed by atoms with E-state index in [4.69, 9.17) is 5.11 Å². The molecule has 0 radical (unpaired) electrons. The molecule has 98 valence electrons. The normalized spacial score (nSPS) is 16.6. The number of thiazole rings is 1. The molecule has 2 aromatic rings. The maximum Gasteiger partial charge on any atom is 0.347 e. The number of nitrogens with zero attached hydrogens (tertiary/aromatic N) is 1. The van der Waals surface area contributed by atoms with Crippen LogP contribution in [0.25, 0.3) is 0 Å². The van der Waals surface area contributed by atoms with Gasteiger partial charge in [0.1, 0.15) is 4.88 Å². The third kappa shape index (κ3) is 2.21. The number of aromatic carboxylic acids is 1. The lowest BCUT2D eigenvalue weighted by Gasteiger charge is -2.30. The maximum absolute atomic E-state index is 10.9. The fourth-order valence-corrected chi connectivity index (χ4v) is 3.24. The molecular weight excluding hydrogens is 260 g/mol. The molecule has 1 atom stereocenters. The summed E-state index contributed by atoms with van der Waals surface area (Å²) in [6.07, 6.45) is 1.08. The SMILES string of the molecule is Cc1nc(NCC2Cc3ccccc32)sc1C(=O)O. The molecule has 4 nitrogen and oxygen atoms in total. The average Bonchev–Trinajstić information content (AvgIpc) is 2.72. The number of aromatic nitrogens is 1. The molecule has 0 fully saturated rings. The molecule has 0 saturated heterocycles. The van der Waals surface area contributed by atoms with E-state index in [2.05, 4.69) is 34.6 Å². The van der Waals surface area contributed by atoms with Crippen molar-refractivity contribution >= 4 is 22.4 Å². The predicted molar refractivity (Wildman–Crippen MR) is 75.2 cm³/mol. The molecule has 0 spiro atoms. The van der Waals surface area contributed by atoms with Gasteiger partial charge in [-0.05, 0) is 24.5 Å². The Morgan fingerprint density at radius 1 is 1.53 bits per heavy atom. The number of carbonyl (C=O) groups is 1. The van der Waals surface area contributed by atoms with Crippen LogP contribution in [0.5, 0.6) is 0 Å². The molecule has 1 aromatic carbocycles. The summed E-state index contributed by atoms with van der Waals surface area (Å²) in [4.78, 5) is 15.5. The van der Waals surface area contributed by atoms with Gasteiger partial charge in [-0.2, -0.15) is 0 Å². The zero-order valence-corrected chi connectivity index (χ0v) is 11.3. The van der Waals surface area contributed by atoms with Crippen molar-refractivity contribution in [3.8, 4) is 0 Å². The van der Waals surface area contributed by atoms with Gasteiger partial charge in [-0.1, -0.05) is 35.6 Å². The monoisotopic (exact) mass is 274 g/mol. The van der Waals surface area contributed by atoms with Crippen LogP contribution in [0.4, 0.5) is 5.13 Å². The van der Waals surface area contributed by atoms with E-state index in [1.165, 1.54) is 22.5 Å². The summed E-state index contributed by atoms with van der Waals surface area (Å²) < 4.78 is 0. The van der Waals surface area contributed by atoms with Crippen molar-refractivity contribution in [2.45, 2.75) is 19.3 Å². The van der Waals surface area contributed by atoms with E-state index in [1.807, 2.05) is 0 Å². The van der Waals surface area contributed by atoms with Gasteiger partial charge in [-0.25, -0.2) is 9.78 Å². The summed E-state index contributed by atoms with van der Waals surface area (Å²) in [5, 5.41) is 12.9. The van der Waals surface area contributed by atoms with Gasteiger partial charge < -0.3 is 10.4 Å². The molecule has 19 heavy (non-hydrogen) atoms. The fourth-order valence-electron chi connectivity index (χ4n) is 2.43. The van der Waals surface area contributed by atoms with Crippen LogP contribution in [0, 0.1) is 6.92 Å². The Morgan fingerprint density at radius 2 is 2.32 bits per heavy atom. The van der Waals surface area contributed by atoms with Gasteiger partial charge in [0.25, 0.3) is 0 Å². The van der Waals surface area contributed by atoms with Crippen molar-refractivity contribution in [3.05, 3.63) is 46.0 Å². The number of hydrogen-bond donors (Lipinski definition) is 2. The number of aryl methyl sites for hydroxylation is 1. The van der Waals surface area contributed by atoms with Crippen LogP contribution in [-0.4, -0.2) is 22.6 Å². The number of hydrogen-bond acceptors (Lipinski definition) is 4. The second-order valence-electron chi connectivity index (χ2n) is 4.72. The van der Waals surface area contributed by atoms with E-state index >= 15 is 0 Å². The van der Waals surface area contributed by atoms with E-state index in [9.17, 15) is 4.79 Å². The van der Waals surface area contributed by atoms with Crippen molar-refractivity contribution in [1.82, 2.24) is 4.98 Å². The number of fused-ring (bicyclic) bond motifs is 1. The minimum Gasteiger partial charge on any atom is -0.477 e. The highest BCUT2D eigenvalue weighted by molar-refractivity contribution is 7.17. The Kier molecular flexibility index (Phi) is 2.98. The number of anilines is 1. The zero-order valence-electron chi connectivity index (χ0n) is 10.5. The molecule has 0 aliphatic heterocycles. The van der Waals surface area contributed by atoms with Gasteiger partial charge in [0.2, 0.25) is 0 Å². The maximum atomic E-state index is 10.9. The molecule has 3 rings (SSSR count). The number of carboxylic acid groups (broad SMARTS) is 1. The first-order valence-electron chi connectivity index (χ1n) is 6.17. The summed E-state index contributed by atoms with van der Waals surface area (Å²) >= 11 is 1.20. The first-order chi connectivity index (χ1) is 9.15. The summed E-state index contributed by atoms with van der Waals surface area (Å²) in [6.45, 7) is 2.53. The average molecular weight is 274 g/mol. The number of nitrogens with one attached hydrogen (secondary N) is 1. The van der Waals surface area contributed by atoms with E-state index in [1.54, 1.807) is 6.92 Å². The molecule has 1 aromatic heterocycles. The van der Waals surface area contributed by atoms with Gasteiger partial charge in [-0.3, -0.25) is 0 Å². The third-order valence-corrected chi connectivity index (χ3v) is 4.55. The molecule has 0 bridgehead atoms. The van der Waals surface area contributed by atoms with Crippen LogP contribution < -0.4 is 5.32 Å². The van der Waals surface area contributed by atoms with Gasteiger partial charge in [0, 0.05) is 12.5 Å². The minimum absolute atomic E-state index is 0.316. The van der Waals surface area contributed by atoms with Crippen LogP contribution in [-0.2, 0) is 6.42 Å². The minimum atomic E-state index is -0.906. The van der Waals surface area contributed by atoms with E-state index in [-0.39, 0.29) is 0 Å². The van der Waals surface area contributed by atoms with Gasteiger partial charge >= 0.3 is 5.97 Å². The summed E-state index contributed by atoms with van der Waals surface area (Å²) in [7, 11) is 0. The van der Waals surface area contributed by atoms with Gasteiger partial charge in [0.05, 0.1) is 5.69 Å². The molecule has 2 N–H and O–H groups in total. The molecule has 0 amide bonds. The van der Waals surface area contributed by atoms with Crippen LogP contribution in [0.1, 0.15) is 32.4 Å². The van der Waals surface area contributed by atoms with E-state index in [0.29, 0.717) is 21.6 Å². The first kappa shape index (κ1) is 12.2. The first-order valence-corrected chi connectivity index (χ1v) is 6.99. The molecule has 1 unspecified atom stereocenters. The molecule has 1 aliphatic carbocycles. The lowest BCUT2D eigenvalue weighted by atomic mass is 9.78. The van der Waals surface area contributed by atoms with Gasteiger partial charge in [-0.15, -0.1) is 0 Å². The van der Waals surface area contributed by atoms with Crippen LogP contribution in [0.2, 0.25) is 0 Å². The molecule has 1 aliphatic rings. The van der Waals surface area contributed by atoms with E-state index in [0.717, 1.165) is 13.0 Å². The summed E-state index contributed by atoms with van der Waals surface area (Å²) in [5.74, 6) is -0.397. The number of carboxylic acids is 1. The van der Waals surface area contributed by atoms with Gasteiger partial charge in [0.15, 0.2) is 5.13 Å². The van der Waals surface area contributed by atoms with Crippen molar-refractivity contribution in [3.63, 3.8) is 0 Å². The topological polar surface area (TPSA) is 62.2 Å². The quantitative estimate of drug-likeness (QED) is 0.900. The van der Waals surface area contributed by atoms with Crippen molar-refractivity contribution in [2.75, 3.05) is 11.9 Å². The number of rotatable bonds is 4. The second kappa shape index (κ2) is 4.66. The van der Waals surface area contributed by atoms with Crippen LogP contribution in [0.3, 0.4) is 0 Å². The third-order valence-electron chi connectivity index (χ3n) is 3.45. The molecule has 5 heteroatoms. The van der Waals surface area contributed by atoms with Crippen molar-refractivity contribution in [1.29, 1.82) is 0 Å². The van der Waals surface area contributed by atoms with Crippen LogP contribution in [0.15, 0.2) is 24.3 Å². The smallest absolute Gasteiger partial charge is 0.347 e. The molecule has 0 saturated carbocycles. The lowest BCUT2D eigenvalue weighted by Crippen LogP contribution is -2.24. The Labute approximate surface area is 115 Å². The Bertz CT molecular complexity index is 636. The Hall–Kier alpha value is -1.88. The fraction of sp³-hybridized carbons (Fsp3) is 0.286. The second-order valence-corrected chi connectivity index (χ2v) is 5.72. The predicted octanol–water partition coefficient (Wildman–Crippen LogP) is 2.90. The van der Waals surface area contributed by atoms with E-state index < -0.39 is 5.97 Å². The van der Waals surface area contributed by atoms with Crippen LogP contribution >= 0.6 is 11.3 Å². The summed E-state index contributed by atoms with van der Waals surface area (Å²) in [5.41, 5.74) is 3.38. The lowest BCUT2D eigenvalue weighted by molar-refractivity contribution is 0.0701. The summed E-state index contributed by atoms with van der Waals surface area (Å²) in [6, 6.07) is 8.43. The Morgan fingerprint density at radius 3 is 3.00 bits per heavy atom. The van der Waals surface area contributed by atoms with Crippen molar-refractivity contribution in [2.24, 2.45) is 0 Å². The standard InChI is InChI=1S/C14H14N2O2S/c1-8-12(13(17)18)19-14(16-8)15-7-10-6-9-4-2-3-5-11(9)10/h2-5,10H,6-7H2,1H3,(H,15,16)(H,17,18). The Balaban J connectivity index is 1.65.